The topological polar surface area (TPSA) is 131 Å². The van der Waals surface area contributed by atoms with E-state index >= 15 is 0 Å². The summed E-state index contributed by atoms with van der Waals surface area (Å²) in [7, 11) is 2.13. The molecule has 1 aromatic carbocycles. The number of amides is 2. The zero-order valence-electron chi connectivity index (χ0n) is 15.7. The minimum Gasteiger partial charge on any atom is -0.467 e. The number of nitrogens with zero attached hydrogens (tertiary/aromatic N) is 1. The molecule has 1 unspecified atom stereocenters. The van der Waals surface area contributed by atoms with Gasteiger partial charge < -0.3 is 29.5 Å². The molecule has 0 aliphatic carbocycles. The molecule has 156 valence electrons. The lowest BCUT2D eigenvalue weighted by Crippen LogP contribution is -2.81. The minimum atomic E-state index is -2.11. The van der Waals surface area contributed by atoms with Gasteiger partial charge >= 0.3 is 18.0 Å². The van der Waals surface area contributed by atoms with Crippen molar-refractivity contribution in [2.24, 2.45) is 0 Å². The fourth-order valence-corrected chi connectivity index (χ4v) is 4.78. The van der Waals surface area contributed by atoms with E-state index in [4.69, 9.17) is 14.2 Å². The monoisotopic (exact) mass is 424 g/mol. The highest BCUT2D eigenvalue weighted by molar-refractivity contribution is 8.00. The predicted molar refractivity (Wildman–Crippen MR) is 99.2 cm³/mol. The number of hydrogen-bond donors (Lipinski definition) is 2. The van der Waals surface area contributed by atoms with Crippen molar-refractivity contribution in [3.8, 4) is 0 Å². The second-order valence-corrected chi connectivity index (χ2v) is 7.72. The van der Waals surface area contributed by atoms with E-state index in [0.717, 1.165) is 36.4 Å². The van der Waals surface area contributed by atoms with Gasteiger partial charge in [0.1, 0.15) is 23.5 Å². The van der Waals surface area contributed by atoms with Gasteiger partial charge in [-0.1, -0.05) is 30.3 Å². The SMILES string of the molecule is COC(=O)C1(C(=O)OC)CC(O)S[C@@H]2[C@H](NC(=O)OCc3ccccc3)C(=O)N21. The third kappa shape index (κ3) is 3.62. The molecule has 2 amide bonds. The molecule has 2 fully saturated rings. The van der Waals surface area contributed by atoms with Gasteiger partial charge in [0, 0.05) is 6.42 Å². The highest BCUT2D eigenvalue weighted by Gasteiger charge is 2.69. The first kappa shape index (κ1) is 20.9. The molecule has 0 radical (unpaired) electrons. The lowest BCUT2D eigenvalue weighted by atomic mass is 9.87. The number of carbonyl (C=O) groups is 4. The highest BCUT2D eigenvalue weighted by Crippen LogP contribution is 2.47. The van der Waals surface area contributed by atoms with E-state index in [1.165, 1.54) is 0 Å². The summed E-state index contributed by atoms with van der Waals surface area (Å²) >= 11 is 0.937. The molecule has 2 aliphatic rings. The van der Waals surface area contributed by atoms with Gasteiger partial charge in [0.15, 0.2) is 0 Å². The fourth-order valence-electron chi connectivity index (χ4n) is 3.38. The number of alkyl carbamates (subject to hydrolysis) is 1. The molecule has 3 rings (SSSR count). The highest BCUT2D eigenvalue weighted by atomic mass is 32.2. The summed E-state index contributed by atoms with van der Waals surface area (Å²) in [6.45, 7) is 0.00594. The standard InChI is InChI=1S/C18H20N2O8S/c1-26-15(23)18(16(24)27-2)8-11(21)29-14-12(13(22)20(14)18)19-17(25)28-9-10-6-4-3-5-7-10/h3-7,11-12,14,21H,8-9H2,1-2H3,(H,19,25)/t11?,12-,14-/m1/s1. The van der Waals surface area contributed by atoms with Crippen LogP contribution in [0.2, 0.25) is 0 Å². The Morgan fingerprint density at radius 3 is 2.41 bits per heavy atom. The van der Waals surface area contributed by atoms with Gasteiger partial charge in [0.2, 0.25) is 5.54 Å². The van der Waals surface area contributed by atoms with Crippen molar-refractivity contribution < 1.29 is 38.5 Å². The van der Waals surface area contributed by atoms with Gasteiger partial charge in [-0.2, -0.15) is 0 Å². The summed E-state index contributed by atoms with van der Waals surface area (Å²) in [5, 5.41) is 11.8. The van der Waals surface area contributed by atoms with Crippen molar-refractivity contribution >= 4 is 35.7 Å². The van der Waals surface area contributed by atoms with Crippen LogP contribution in [0.4, 0.5) is 4.79 Å². The molecule has 2 N–H and O–H groups in total. The summed E-state index contributed by atoms with van der Waals surface area (Å²) < 4.78 is 14.5. The molecule has 0 aromatic heterocycles. The first-order valence-electron chi connectivity index (χ1n) is 8.66. The van der Waals surface area contributed by atoms with Crippen molar-refractivity contribution in [3.63, 3.8) is 0 Å². The molecule has 0 spiro atoms. The van der Waals surface area contributed by atoms with Crippen LogP contribution in [-0.2, 0) is 35.2 Å². The Morgan fingerprint density at radius 1 is 1.21 bits per heavy atom. The number of aliphatic hydroxyl groups excluding tert-OH is 1. The van der Waals surface area contributed by atoms with Gasteiger partial charge in [-0.3, -0.25) is 4.79 Å². The zero-order chi connectivity index (χ0) is 21.2. The number of nitrogens with one attached hydrogen (secondary N) is 1. The Morgan fingerprint density at radius 2 is 1.83 bits per heavy atom. The molecule has 2 heterocycles. The van der Waals surface area contributed by atoms with Crippen molar-refractivity contribution in [3.05, 3.63) is 35.9 Å². The molecule has 2 saturated heterocycles. The molecular weight excluding hydrogens is 404 g/mol. The third-order valence-electron chi connectivity index (χ3n) is 4.75. The smallest absolute Gasteiger partial charge is 0.408 e. The Labute approximate surface area is 170 Å². The number of ether oxygens (including phenoxy) is 3. The number of thioether (sulfide) groups is 1. The summed E-state index contributed by atoms with van der Waals surface area (Å²) in [4.78, 5) is 50.6. The van der Waals surface area contributed by atoms with Crippen LogP contribution in [0, 0.1) is 0 Å². The largest absolute Gasteiger partial charge is 0.467 e. The summed E-state index contributed by atoms with van der Waals surface area (Å²) in [5.41, 5.74) is -2.50. The van der Waals surface area contributed by atoms with Crippen LogP contribution in [-0.4, -0.2) is 70.6 Å². The summed E-state index contributed by atoms with van der Waals surface area (Å²) in [6, 6.07) is 7.89. The number of benzene rings is 1. The van der Waals surface area contributed by atoms with Crippen LogP contribution in [0.25, 0.3) is 0 Å². The second-order valence-electron chi connectivity index (χ2n) is 6.42. The molecule has 10 nitrogen and oxygen atoms in total. The van der Waals surface area contributed by atoms with Crippen molar-refractivity contribution in [1.82, 2.24) is 10.2 Å². The average molecular weight is 424 g/mol. The molecule has 3 atom stereocenters. The normalized spacial score (nSPS) is 24.6. The number of rotatable bonds is 5. The van der Waals surface area contributed by atoms with Crippen molar-refractivity contribution in [1.29, 1.82) is 0 Å². The van der Waals surface area contributed by atoms with Crippen molar-refractivity contribution in [2.45, 2.75) is 35.4 Å². The van der Waals surface area contributed by atoms with Crippen molar-refractivity contribution in [2.75, 3.05) is 14.2 Å². The number of hydrogen-bond acceptors (Lipinski definition) is 9. The molecule has 2 aliphatic heterocycles. The van der Waals surface area contributed by atoms with Gasteiger partial charge in [-0.25, -0.2) is 14.4 Å². The van der Waals surface area contributed by atoms with Crippen LogP contribution in [0.3, 0.4) is 0 Å². The molecule has 0 bridgehead atoms. The van der Waals surface area contributed by atoms with E-state index in [0.29, 0.717) is 0 Å². The van der Waals surface area contributed by atoms with E-state index in [1.807, 2.05) is 6.07 Å². The summed E-state index contributed by atoms with van der Waals surface area (Å²) in [5.74, 6) is -2.72. The molecular formula is C18H20N2O8S. The lowest BCUT2D eigenvalue weighted by Gasteiger charge is -2.56. The number of aliphatic hydroxyl groups is 1. The Bertz CT molecular complexity index is 801. The third-order valence-corrected chi connectivity index (χ3v) is 6.00. The molecule has 29 heavy (non-hydrogen) atoms. The lowest BCUT2D eigenvalue weighted by molar-refractivity contribution is -0.189. The number of carbonyl (C=O) groups excluding carboxylic acids is 4. The van der Waals surface area contributed by atoms with Crippen LogP contribution < -0.4 is 5.32 Å². The van der Waals surface area contributed by atoms with E-state index in [-0.39, 0.29) is 13.0 Å². The maximum Gasteiger partial charge on any atom is 0.408 e. The maximum atomic E-state index is 12.7. The van der Waals surface area contributed by atoms with Crippen LogP contribution in [0.1, 0.15) is 12.0 Å². The first-order valence-corrected chi connectivity index (χ1v) is 9.60. The fraction of sp³-hybridized carbons (Fsp3) is 0.444. The van der Waals surface area contributed by atoms with E-state index in [1.54, 1.807) is 24.3 Å². The van der Waals surface area contributed by atoms with Gasteiger partial charge in [0.25, 0.3) is 5.91 Å². The number of esters is 2. The summed E-state index contributed by atoms with van der Waals surface area (Å²) in [6.07, 6.45) is -1.22. The Hall–Kier alpha value is -2.79. The van der Waals surface area contributed by atoms with Crippen LogP contribution in [0.15, 0.2) is 30.3 Å². The minimum absolute atomic E-state index is 0.00594. The number of β-lactam (4-membered cyclic amide) rings is 1. The van der Waals surface area contributed by atoms with Crippen LogP contribution >= 0.6 is 11.8 Å². The average Bonchev–Trinajstić information content (AvgIpc) is 2.74. The van der Waals surface area contributed by atoms with E-state index in [9.17, 15) is 24.3 Å². The van der Waals surface area contributed by atoms with Gasteiger partial charge in [-0.05, 0) is 5.56 Å². The first-order chi connectivity index (χ1) is 13.8. The van der Waals surface area contributed by atoms with Gasteiger partial charge in [0.05, 0.1) is 14.2 Å². The molecule has 0 saturated carbocycles. The number of fused-ring (bicyclic) bond motifs is 1. The quantitative estimate of drug-likeness (QED) is 0.290. The maximum absolute atomic E-state index is 12.7. The Kier molecular flexibility index (Phi) is 5.99. The van der Waals surface area contributed by atoms with Gasteiger partial charge in [-0.15, -0.1) is 11.8 Å². The van der Waals surface area contributed by atoms with E-state index < -0.39 is 46.3 Å². The zero-order valence-corrected chi connectivity index (χ0v) is 16.5. The second kappa shape index (κ2) is 8.29. The Balaban J connectivity index is 1.73. The predicted octanol–water partition coefficient (Wildman–Crippen LogP) is -0.0102. The van der Waals surface area contributed by atoms with Crippen LogP contribution in [0.5, 0.6) is 0 Å². The van der Waals surface area contributed by atoms with E-state index in [2.05, 4.69) is 5.32 Å². The molecule has 1 aromatic rings. The number of methoxy groups -OCH3 is 2. The molecule has 11 heteroatoms.